The van der Waals surface area contributed by atoms with Crippen molar-refractivity contribution in [1.82, 2.24) is 10.6 Å². The average molecular weight is 767 g/mol. The minimum absolute atomic E-state index is 0.0246. The second kappa shape index (κ2) is 25.2. The predicted octanol–water partition coefficient (Wildman–Crippen LogP) is 2.31. The van der Waals surface area contributed by atoms with E-state index in [1.807, 2.05) is 20.8 Å². The first-order valence-electron chi connectivity index (χ1n) is 17.3. The van der Waals surface area contributed by atoms with Crippen LogP contribution in [0.3, 0.4) is 0 Å². The number of aliphatic hydroxyl groups is 3. The van der Waals surface area contributed by atoms with Crippen LogP contribution in [-0.2, 0) is 37.3 Å². The zero-order valence-corrected chi connectivity index (χ0v) is 35.0. The maximum Gasteiger partial charge on any atom is 0.311 e. The summed E-state index contributed by atoms with van der Waals surface area (Å²) < 4.78 is 66.1. The molecule has 0 aliphatic heterocycles. The Kier molecular flexibility index (Phi) is 25.2. The molecular weight excluding hydrogens is 697 g/mol. The van der Waals surface area contributed by atoms with Gasteiger partial charge in [0.25, 0.3) is 10.1 Å². The Morgan fingerprint density at radius 3 is 1.44 bits per heavy atom. The van der Waals surface area contributed by atoms with Gasteiger partial charge in [-0.05, 0) is 84.5 Å². The SMILES string of the molecule is CCC(O)COCCC[Si](C)(C)O[Si](C)(C)O[Si](C)(C)CCCOCC(O)CNC(C)COCCOCC(C)NCC(O)CS(=O)(=O)O. The van der Waals surface area contributed by atoms with Crippen molar-refractivity contribution < 1.29 is 55.5 Å². The molecule has 0 fully saturated rings. The zero-order chi connectivity index (χ0) is 36.9. The topological polar surface area (TPSA) is 194 Å². The van der Waals surface area contributed by atoms with Crippen LogP contribution in [0.1, 0.15) is 40.0 Å². The van der Waals surface area contributed by atoms with Crippen molar-refractivity contribution in [3.8, 4) is 0 Å². The number of hydrogen-bond donors (Lipinski definition) is 6. The van der Waals surface area contributed by atoms with E-state index in [1.54, 1.807) is 0 Å². The first kappa shape index (κ1) is 48.1. The largest absolute Gasteiger partial charge is 0.437 e. The monoisotopic (exact) mass is 766 g/mol. The second-order valence-corrected chi connectivity index (χ2v) is 28.3. The maximum absolute atomic E-state index is 10.8. The van der Waals surface area contributed by atoms with Crippen molar-refractivity contribution in [2.75, 3.05) is 71.7 Å². The van der Waals surface area contributed by atoms with Crippen LogP contribution < -0.4 is 10.6 Å². The Balaban J connectivity index is 4.01. The van der Waals surface area contributed by atoms with E-state index in [4.69, 9.17) is 31.7 Å². The smallest absolute Gasteiger partial charge is 0.311 e. The zero-order valence-electron chi connectivity index (χ0n) is 31.2. The normalized spacial score (nSPS) is 16.5. The summed E-state index contributed by atoms with van der Waals surface area (Å²) in [6.07, 6.45) is 0.273. The van der Waals surface area contributed by atoms with Gasteiger partial charge in [-0.2, -0.15) is 8.42 Å². The Hall–Kier alpha value is 0.121. The molecule has 14 nitrogen and oxygen atoms in total. The fourth-order valence-corrected chi connectivity index (χ4v) is 19.6. The Morgan fingerprint density at radius 1 is 0.625 bits per heavy atom. The van der Waals surface area contributed by atoms with Crippen molar-refractivity contribution in [2.45, 2.75) is 122 Å². The molecule has 6 N–H and O–H groups in total. The van der Waals surface area contributed by atoms with Gasteiger partial charge in [-0.15, -0.1) is 0 Å². The molecular formula is C30H70N2O12SSi3. The molecule has 0 spiro atoms. The average Bonchev–Trinajstić information content (AvgIpc) is 2.93. The molecule has 0 rings (SSSR count). The fourth-order valence-electron chi connectivity index (χ4n) is 5.00. The molecule has 0 saturated carbocycles. The molecule has 5 atom stereocenters. The number of ether oxygens (including phenoxy) is 4. The summed E-state index contributed by atoms with van der Waals surface area (Å²) in [5, 5.41) is 35.7. The summed E-state index contributed by atoms with van der Waals surface area (Å²) in [5.74, 6) is -0.712. The van der Waals surface area contributed by atoms with Gasteiger partial charge in [0.15, 0.2) is 16.6 Å². The van der Waals surface area contributed by atoms with Crippen molar-refractivity contribution in [2.24, 2.45) is 0 Å². The van der Waals surface area contributed by atoms with Crippen molar-refractivity contribution >= 4 is 35.3 Å². The van der Waals surface area contributed by atoms with Crippen molar-refractivity contribution in [3.63, 3.8) is 0 Å². The molecule has 18 heteroatoms. The molecule has 0 aromatic heterocycles. The molecule has 290 valence electrons. The fraction of sp³-hybridized carbons (Fsp3) is 1.00. The minimum Gasteiger partial charge on any atom is -0.437 e. The van der Waals surface area contributed by atoms with Crippen LogP contribution in [0.5, 0.6) is 0 Å². The lowest BCUT2D eigenvalue weighted by Gasteiger charge is -2.38. The van der Waals surface area contributed by atoms with Gasteiger partial charge in [0.1, 0.15) is 5.75 Å². The molecule has 0 aromatic rings. The highest BCUT2D eigenvalue weighted by Crippen LogP contribution is 2.26. The predicted molar refractivity (Wildman–Crippen MR) is 196 cm³/mol. The summed E-state index contributed by atoms with van der Waals surface area (Å²) in [6.45, 7) is 22.8. The summed E-state index contributed by atoms with van der Waals surface area (Å²) >= 11 is 0. The molecule has 5 unspecified atom stereocenters. The van der Waals surface area contributed by atoms with E-state index in [0.29, 0.717) is 59.2 Å². The highest BCUT2D eigenvalue weighted by Gasteiger charge is 2.39. The number of hydrogen-bond acceptors (Lipinski definition) is 13. The Morgan fingerprint density at radius 2 is 1.02 bits per heavy atom. The third-order valence-corrected chi connectivity index (χ3v) is 19.5. The van der Waals surface area contributed by atoms with E-state index in [2.05, 4.69) is 49.9 Å². The molecule has 0 aromatic carbocycles. The molecule has 0 bridgehead atoms. The lowest BCUT2D eigenvalue weighted by atomic mass is 10.3. The molecule has 0 radical (unpaired) electrons. The van der Waals surface area contributed by atoms with Crippen LogP contribution in [-0.4, -0.2) is 156 Å². The number of aliphatic hydroxyl groups excluding tert-OH is 3. The van der Waals surface area contributed by atoms with E-state index in [0.717, 1.165) is 24.9 Å². The van der Waals surface area contributed by atoms with Crippen LogP contribution in [0, 0.1) is 0 Å². The molecule has 0 saturated heterocycles. The molecule has 0 aliphatic rings. The van der Waals surface area contributed by atoms with Gasteiger partial charge in [0.05, 0.1) is 58.0 Å². The number of rotatable bonds is 32. The summed E-state index contributed by atoms with van der Waals surface area (Å²) in [5.41, 5.74) is 0. The number of nitrogens with one attached hydrogen (secondary N) is 2. The Bertz CT molecular complexity index is 922. The lowest BCUT2D eigenvalue weighted by molar-refractivity contribution is 0.0236. The van der Waals surface area contributed by atoms with Gasteiger partial charge in [-0.3, -0.25) is 4.55 Å². The highest BCUT2D eigenvalue weighted by atomic mass is 32.2. The van der Waals surface area contributed by atoms with Gasteiger partial charge in [-0.1, -0.05) is 6.92 Å². The van der Waals surface area contributed by atoms with Gasteiger partial charge in [-0.25, -0.2) is 0 Å². The van der Waals surface area contributed by atoms with Crippen molar-refractivity contribution in [1.29, 1.82) is 0 Å². The van der Waals surface area contributed by atoms with E-state index >= 15 is 0 Å². The molecule has 0 amide bonds. The molecule has 0 aliphatic carbocycles. The van der Waals surface area contributed by atoms with E-state index < -0.39 is 53.3 Å². The summed E-state index contributed by atoms with van der Waals surface area (Å²) in [6, 6.07) is 1.85. The third-order valence-electron chi connectivity index (χ3n) is 7.19. The third kappa shape index (κ3) is 29.8. The van der Waals surface area contributed by atoms with E-state index in [9.17, 15) is 23.7 Å². The molecule has 0 heterocycles. The first-order chi connectivity index (χ1) is 22.2. The van der Waals surface area contributed by atoms with Crippen LogP contribution in [0.25, 0.3) is 0 Å². The quantitative estimate of drug-likeness (QED) is 0.0332. The minimum atomic E-state index is -4.21. The Labute approximate surface area is 294 Å². The summed E-state index contributed by atoms with van der Waals surface area (Å²) in [4.78, 5) is 0. The van der Waals surface area contributed by atoms with Crippen LogP contribution in [0.2, 0.25) is 51.4 Å². The van der Waals surface area contributed by atoms with Crippen molar-refractivity contribution in [3.05, 3.63) is 0 Å². The van der Waals surface area contributed by atoms with Crippen LogP contribution in [0.4, 0.5) is 0 Å². The highest BCUT2D eigenvalue weighted by molar-refractivity contribution is 7.85. The molecule has 48 heavy (non-hydrogen) atoms. The van der Waals surface area contributed by atoms with Gasteiger partial charge >= 0.3 is 8.56 Å². The van der Waals surface area contributed by atoms with Crippen LogP contribution in [0.15, 0.2) is 0 Å². The van der Waals surface area contributed by atoms with Gasteiger partial charge in [0.2, 0.25) is 0 Å². The summed E-state index contributed by atoms with van der Waals surface area (Å²) in [7, 11) is -10.4. The maximum atomic E-state index is 10.8. The van der Waals surface area contributed by atoms with Crippen LogP contribution >= 0.6 is 0 Å². The van der Waals surface area contributed by atoms with E-state index in [-0.39, 0.29) is 31.3 Å². The van der Waals surface area contributed by atoms with E-state index in [1.165, 1.54) is 0 Å². The first-order valence-corrected chi connectivity index (χ1v) is 28.0. The van der Waals surface area contributed by atoms with Gasteiger partial charge in [0, 0.05) is 38.4 Å². The second-order valence-electron chi connectivity index (χ2n) is 14.4. The standard InChI is InChI=1S/C30H70N2O12SSi3/c1-10-28(33)23-39-13-11-17-46(4,5)43-48(8,9)44-47(6,7)18-12-14-40-24-29(34)19-31-26(2)21-41-15-16-42-22-27(3)32-20-30(35)25-45(36,37)38/h26-35H,10-25H2,1-9H3,(H,36,37,38). The lowest BCUT2D eigenvalue weighted by Crippen LogP contribution is -2.52. The van der Waals surface area contributed by atoms with Gasteiger partial charge < -0.3 is 53.1 Å².